The number of benzene rings is 2. The third-order valence-corrected chi connectivity index (χ3v) is 3.94. The minimum absolute atomic E-state index is 0.00587. The summed E-state index contributed by atoms with van der Waals surface area (Å²) in [6, 6.07) is 18.7. The molecule has 3 heteroatoms. The van der Waals surface area contributed by atoms with E-state index in [1.807, 2.05) is 24.3 Å². The molecule has 0 radical (unpaired) electrons. The molecule has 2 atom stereocenters. The lowest BCUT2D eigenvalue weighted by molar-refractivity contribution is 0.114. The number of fused-ring (bicyclic) bond motifs is 1. The first-order chi connectivity index (χ1) is 9.75. The molecule has 3 rings (SSSR count). The minimum atomic E-state index is -0.00587. The Morgan fingerprint density at radius 1 is 1.10 bits per heavy atom. The van der Waals surface area contributed by atoms with Crippen LogP contribution in [0.3, 0.4) is 0 Å². The number of likely N-dealkylation sites (N-methyl/N-ethyl adjacent to an activating group) is 1. The molecule has 0 saturated heterocycles. The average Bonchev–Trinajstić information content (AvgIpc) is 2.49. The van der Waals surface area contributed by atoms with Gasteiger partial charge in [-0.3, -0.25) is 4.90 Å². The zero-order valence-electron chi connectivity index (χ0n) is 11.7. The van der Waals surface area contributed by atoms with E-state index in [9.17, 15) is 0 Å². The smallest absolute Gasteiger partial charge is 0.124 e. The Morgan fingerprint density at radius 2 is 1.80 bits per heavy atom. The van der Waals surface area contributed by atoms with Crippen molar-refractivity contribution in [2.75, 3.05) is 13.7 Å². The number of nitrogens with zero attached hydrogens (tertiary/aromatic N) is 1. The highest BCUT2D eigenvalue weighted by atomic mass is 16.5. The summed E-state index contributed by atoms with van der Waals surface area (Å²) in [6.07, 6.45) is 0. The van der Waals surface area contributed by atoms with Crippen molar-refractivity contribution in [2.24, 2.45) is 5.73 Å². The van der Waals surface area contributed by atoms with E-state index in [1.165, 1.54) is 5.56 Å². The van der Waals surface area contributed by atoms with E-state index in [2.05, 4.69) is 42.3 Å². The van der Waals surface area contributed by atoms with Gasteiger partial charge in [0.15, 0.2) is 0 Å². The zero-order valence-corrected chi connectivity index (χ0v) is 11.7. The Bertz CT molecular complexity index is 570. The van der Waals surface area contributed by atoms with Gasteiger partial charge in [0.2, 0.25) is 0 Å². The molecule has 104 valence electrons. The minimum Gasteiger partial charge on any atom is -0.492 e. The van der Waals surface area contributed by atoms with Crippen LogP contribution in [0.5, 0.6) is 5.75 Å². The van der Waals surface area contributed by atoms with Crippen LogP contribution < -0.4 is 10.5 Å². The van der Waals surface area contributed by atoms with E-state index in [-0.39, 0.29) is 12.1 Å². The summed E-state index contributed by atoms with van der Waals surface area (Å²) in [4.78, 5) is 2.27. The number of ether oxygens (including phenoxy) is 1. The number of nitrogens with two attached hydrogens (primary N) is 1. The van der Waals surface area contributed by atoms with Crippen molar-refractivity contribution in [3.63, 3.8) is 0 Å². The summed E-state index contributed by atoms with van der Waals surface area (Å²) in [5.74, 6) is 0.921. The first-order valence-corrected chi connectivity index (χ1v) is 6.97. The van der Waals surface area contributed by atoms with Crippen molar-refractivity contribution in [3.8, 4) is 5.75 Å². The third-order valence-electron chi connectivity index (χ3n) is 3.94. The van der Waals surface area contributed by atoms with Crippen LogP contribution >= 0.6 is 0 Å². The summed E-state index contributed by atoms with van der Waals surface area (Å²) >= 11 is 0. The number of hydrogen-bond acceptors (Lipinski definition) is 3. The van der Waals surface area contributed by atoms with Gasteiger partial charge in [0.1, 0.15) is 12.4 Å². The maximum Gasteiger partial charge on any atom is 0.124 e. The van der Waals surface area contributed by atoms with Crippen LogP contribution in [-0.4, -0.2) is 24.6 Å². The maximum atomic E-state index is 6.42. The molecule has 0 aromatic heterocycles. The summed E-state index contributed by atoms with van der Waals surface area (Å²) in [5.41, 5.74) is 8.82. The molecule has 1 aliphatic rings. The Balaban J connectivity index is 1.75. The van der Waals surface area contributed by atoms with E-state index < -0.39 is 0 Å². The van der Waals surface area contributed by atoms with Gasteiger partial charge in [-0.2, -0.15) is 0 Å². The molecule has 0 fully saturated rings. The molecule has 0 amide bonds. The van der Waals surface area contributed by atoms with E-state index >= 15 is 0 Å². The lowest BCUT2D eigenvalue weighted by Crippen LogP contribution is -2.46. The van der Waals surface area contributed by atoms with E-state index in [1.54, 1.807) is 0 Å². The highest BCUT2D eigenvalue weighted by Crippen LogP contribution is 2.32. The van der Waals surface area contributed by atoms with Crippen LogP contribution in [0.1, 0.15) is 17.2 Å². The topological polar surface area (TPSA) is 38.5 Å². The molecular weight excluding hydrogens is 248 g/mol. The Morgan fingerprint density at radius 3 is 2.60 bits per heavy atom. The molecule has 2 unspecified atom stereocenters. The highest BCUT2D eigenvalue weighted by Gasteiger charge is 2.30. The summed E-state index contributed by atoms with van der Waals surface area (Å²) in [7, 11) is 2.11. The fraction of sp³-hybridized carbons (Fsp3) is 0.294. The lowest BCUT2D eigenvalue weighted by Gasteiger charge is -2.37. The van der Waals surface area contributed by atoms with E-state index in [0.29, 0.717) is 6.61 Å². The summed E-state index contributed by atoms with van der Waals surface area (Å²) in [5, 5.41) is 0. The van der Waals surface area contributed by atoms with Gasteiger partial charge < -0.3 is 10.5 Å². The Hall–Kier alpha value is -1.84. The number of para-hydroxylation sites is 1. The second-order valence-electron chi connectivity index (χ2n) is 5.34. The van der Waals surface area contributed by atoms with Crippen molar-refractivity contribution >= 4 is 0 Å². The first-order valence-electron chi connectivity index (χ1n) is 6.97. The van der Waals surface area contributed by atoms with Crippen LogP contribution in [0, 0.1) is 0 Å². The summed E-state index contributed by atoms with van der Waals surface area (Å²) in [6.45, 7) is 1.52. The van der Waals surface area contributed by atoms with Crippen molar-refractivity contribution in [2.45, 2.75) is 18.6 Å². The molecule has 3 nitrogen and oxygen atoms in total. The molecule has 0 bridgehead atoms. The van der Waals surface area contributed by atoms with Gasteiger partial charge in [0.05, 0.1) is 12.1 Å². The largest absolute Gasteiger partial charge is 0.492 e. The Kier molecular flexibility index (Phi) is 3.72. The van der Waals surface area contributed by atoms with Gasteiger partial charge in [0, 0.05) is 12.1 Å². The molecule has 2 N–H and O–H groups in total. The SMILES string of the molecule is CN(Cc1ccccc1)C1COc2ccccc2C1N. The zero-order chi connectivity index (χ0) is 13.9. The van der Waals surface area contributed by atoms with Crippen LogP contribution in [0.25, 0.3) is 0 Å². The van der Waals surface area contributed by atoms with Crippen LogP contribution in [-0.2, 0) is 6.54 Å². The molecule has 1 aliphatic heterocycles. The molecule has 0 aliphatic carbocycles. The monoisotopic (exact) mass is 268 g/mol. The molecule has 20 heavy (non-hydrogen) atoms. The maximum absolute atomic E-state index is 6.42. The fourth-order valence-corrected chi connectivity index (χ4v) is 2.76. The van der Waals surface area contributed by atoms with Crippen molar-refractivity contribution in [3.05, 3.63) is 65.7 Å². The molecule has 0 spiro atoms. The molecule has 1 heterocycles. The second kappa shape index (κ2) is 5.65. The number of hydrogen-bond donors (Lipinski definition) is 1. The lowest BCUT2D eigenvalue weighted by atomic mass is 9.96. The van der Waals surface area contributed by atoms with Crippen LogP contribution in [0.4, 0.5) is 0 Å². The molecule has 0 saturated carbocycles. The molecular formula is C17H20N2O. The number of rotatable bonds is 3. The average molecular weight is 268 g/mol. The van der Waals surface area contributed by atoms with Gasteiger partial charge >= 0.3 is 0 Å². The quantitative estimate of drug-likeness (QED) is 0.930. The molecule has 2 aromatic rings. The summed E-state index contributed by atoms with van der Waals surface area (Å²) < 4.78 is 5.84. The van der Waals surface area contributed by atoms with E-state index in [0.717, 1.165) is 17.9 Å². The second-order valence-corrected chi connectivity index (χ2v) is 5.34. The van der Waals surface area contributed by atoms with E-state index in [4.69, 9.17) is 10.5 Å². The van der Waals surface area contributed by atoms with Gasteiger partial charge in [-0.05, 0) is 18.7 Å². The Labute approximate surface area is 120 Å². The fourth-order valence-electron chi connectivity index (χ4n) is 2.76. The predicted molar refractivity (Wildman–Crippen MR) is 80.6 cm³/mol. The van der Waals surface area contributed by atoms with Gasteiger partial charge in [-0.25, -0.2) is 0 Å². The van der Waals surface area contributed by atoms with Gasteiger partial charge in [-0.15, -0.1) is 0 Å². The third kappa shape index (κ3) is 2.55. The standard InChI is InChI=1S/C17H20N2O/c1-19(11-13-7-3-2-4-8-13)15-12-20-16-10-6-5-9-14(16)17(15)18/h2-10,15,17H,11-12,18H2,1H3. The predicted octanol–water partition coefficient (Wildman–Crippen LogP) is 2.58. The van der Waals surface area contributed by atoms with Crippen molar-refractivity contribution in [1.82, 2.24) is 4.90 Å². The van der Waals surface area contributed by atoms with Crippen LogP contribution in [0.2, 0.25) is 0 Å². The van der Waals surface area contributed by atoms with Gasteiger partial charge in [-0.1, -0.05) is 48.5 Å². The highest BCUT2D eigenvalue weighted by molar-refractivity contribution is 5.38. The van der Waals surface area contributed by atoms with Crippen molar-refractivity contribution < 1.29 is 4.74 Å². The van der Waals surface area contributed by atoms with Gasteiger partial charge in [0.25, 0.3) is 0 Å². The molecule has 2 aromatic carbocycles. The first kappa shape index (κ1) is 13.2. The van der Waals surface area contributed by atoms with Crippen molar-refractivity contribution in [1.29, 1.82) is 0 Å². The normalized spacial score (nSPS) is 21.4. The van der Waals surface area contributed by atoms with Crippen LogP contribution in [0.15, 0.2) is 54.6 Å².